The summed E-state index contributed by atoms with van der Waals surface area (Å²) in [5.41, 5.74) is 0. The zero-order valence-electron chi connectivity index (χ0n) is 12.8. The monoisotopic (exact) mass is 252 g/mol. The van der Waals surface area contributed by atoms with Crippen LogP contribution in [0.25, 0.3) is 0 Å². The third kappa shape index (κ3) is 3.27. The highest BCUT2D eigenvalue weighted by Gasteiger charge is 2.36. The fraction of sp³-hybridized carbons (Fsp3) is 1.00. The first-order chi connectivity index (χ1) is 8.61. The van der Waals surface area contributed by atoms with Gasteiger partial charge in [0, 0.05) is 31.7 Å². The van der Waals surface area contributed by atoms with E-state index in [1.807, 2.05) is 0 Å². The van der Waals surface area contributed by atoms with Crippen molar-refractivity contribution in [2.75, 3.05) is 19.6 Å². The summed E-state index contributed by atoms with van der Waals surface area (Å²) in [6.07, 6.45) is 5.60. The van der Waals surface area contributed by atoms with Crippen molar-refractivity contribution in [3.63, 3.8) is 0 Å². The molecule has 18 heavy (non-hydrogen) atoms. The lowest BCUT2D eigenvalue weighted by Gasteiger charge is -2.40. The van der Waals surface area contributed by atoms with E-state index in [-0.39, 0.29) is 0 Å². The molecule has 0 spiro atoms. The Morgan fingerprint density at radius 2 is 2.06 bits per heavy atom. The topological polar surface area (TPSA) is 15.3 Å². The normalized spacial score (nSPS) is 38.5. The quantitative estimate of drug-likeness (QED) is 0.827. The van der Waals surface area contributed by atoms with Gasteiger partial charge in [-0.1, -0.05) is 34.1 Å². The zero-order chi connectivity index (χ0) is 13.1. The molecule has 2 fully saturated rings. The summed E-state index contributed by atoms with van der Waals surface area (Å²) < 4.78 is 0. The first-order valence-electron chi connectivity index (χ1n) is 8.09. The van der Waals surface area contributed by atoms with Gasteiger partial charge in [0.2, 0.25) is 0 Å². The van der Waals surface area contributed by atoms with Crippen molar-refractivity contribution in [2.45, 2.75) is 65.5 Å². The van der Waals surface area contributed by atoms with Gasteiger partial charge in [0.05, 0.1) is 0 Å². The Balaban J connectivity index is 1.89. The number of nitrogens with zero attached hydrogens (tertiary/aromatic N) is 1. The number of hydrogen-bond acceptors (Lipinski definition) is 2. The molecule has 4 unspecified atom stereocenters. The Bertz CT molecular complexity index is 251. The van der Waals surface area contributed by atoms with Crippen LogP contribution in [0.4, 0.5) is 0 Å². The average molecular weight is 252 g/mol. The van der Waals surface area contributed by atoms with Gasteiger partial charge in [-0.3, -0.25) is 4.90 Å². The third-order valence-electron chi connectivity index (χ3n) is 5.22. The second kappa shape index (κ2) is 6.38. The van der Waals surface area contributed by atoms with Crippen LogP contribution in [0.3, 0.4) is 0 Å². The van der Waals surface area contributed by atoms with Gasteiger partial charge in [-0.05, 0) is 37.0 Å². The Labute approximate surface area is 114 Å². The van der Waals surface area contributed by atoms with Crippen LogP contribution in [0.2, 0.25) is 0 Å². The number of rotatable bonds is 4. The van der Waals surface area contributed by atoms with Crippen LogP contribution in [0, 0.1) is 17.8 Å². The predicted molar refractivity (Wildman–Crippen MR) is 78.8 cm³/mol. The maximum absolute atomic E-state index is 3.70. The van der Waals surface area contributed by atoms with Crippen molar-refractivity contribution in [3.8, 4) is 0 Å². The van der Waals surface area contributed by atoms with Crippen LogP contribution >= 0.6 is 0 Å². The van der Waals surface area contributed by atoms with Crippen LogP contribution < -0.4 is 5.32 Å². The van der Waals surface area contributed by atoms with Crippen LogP contribution in [0.1, 0.15) is 53.4 Å². The van der Waals surface area contributed by atoms with Crippen LogP contribution in [0.15, 0.2) is 0 Å². The summed E-state index contributed by atoms with van der Waals surface area (Å²) in [4.78, 5) is 2.80. The van der Waals surface area contributed by atoms with E-state index in [0.717, 1.165) is 29.8 Å². The molecule has 1 heterocycles. The maximum atomic E-state index is 3.70. The minimum absolute atomic E-state index is 0.728. The molecule has 1 saturated carbocycles. The molecule has 0 aromatic heterocycles. The first-order valence-corrected chi connectivity index (χ1v) is 8.09. The molecule has 2 heteroatoms. The first kappa shape index (κ1) is 14.3. The Morgan fingerprint density at radius 1 is 1.28 bits per heavy atom. The lowest BCUT2D eigenvalue weighted by Crippen LogP contribution is -2.55. The molecular formula is C16H32N2. The van der Waals surface area contributed by atoms with Gasteiger partial charge < -0.3 is 5.32 Å². The van der Waals surface area contributed by atoms with Crippen molar-refractivity contribution in [3.05, 3.63) is 0 Å². The molecular weight excluding hydrogens is 220 g/mol. The van der Waals surface area contributed by atoms with Gasteiger partial charge >= 0.3 is 0 Å². The van der Waals surface area contributed by atoms with Gasteiger partial charge in [0.15, 0.2) is 0 Å². The van der Waals surface area contributed by atoms with E-state index < -0.39 is 0 Å². The van der Waals surface area contributed by atoms with Crippen LogP contribution in [-0.4, -0.2) is 36.6 Å². The second-order valence-electron chi connectivity index (χ2n) is 6.95. The van der Waals surface area contributed by atoms with E-state index in [2.05, 4.69) is 37.9 Å². The van der Waals surface area contributed by atoms with E-state index in [1.165, 1.54) is 45.3 Å². The smallest absolute Gasteiger partial charge is 0.0198 e. The lowest BCUT2D eigenvalue weighted by molar-refractivity contribution is 0.107. The van der Waals surface area contributed by atoms with Crippen molar-refractivity contribution < 1.29 is 0 Å². The van der Waals surface area contributed by atoms with Crippen molar-refractivity contribution in [1.82, 2.24) is 10.2 Å². The molecule has 2 aliphatic rings. The van der Waals surface area contributed by atoms with Gasteiger partial charge in [0.25, 0.3) is 0 Å². The van der Waals surface area contributed by atoms with Crippen molar-refractivity contribution in [1.29, 1.82) is 0 Å². The second-order valence-corrected chi connectivity index (χ2v) is 6.95. The summed E-state index contributed by atoms with van der Waals surface area (Å²) in [6.45, 7) is 13.3. The molecule has 0 aromatic carbocycles. The molecule has 1 aliphatic carbocycles. The standard InChI is InChI=1S/C16H32N2/c1-5-14-6-7-16(13(14)4)18-9-8-17-15(11-18)10-12(2)3/h12-17H,5-11H2,1-4H3. The number of piperazine rings is 1. The molecule has 1 saturated heterocycles. The Kier molecular flexibility index (Phi) is 5.08. The molecule has 106 valence electrons. The highest BCUT2D eigenvalue weighted by atomic mass is 15.2. The maximum Gasteiger partial charge on any atom is 0.0198 e. The molecule has 2 nitrogen and oxygen atoms in total. The molecule has 2 rings (SSSR count). The highest BCUT2D eigenvalue weighted by molar-refractivity contribution is 4.92. The highest BCUT2D eigenvalue weighted by Crippen LogP contribution is 2.37. The van der Waals surface area contributed by atoms with Gasteiger partial charge in [-0.15, -0.1) is 0 Å². The van der Waals surface area contributed by atoms with E-state index in [4.69, 9.17) is 0 Å². The number of nitrogens with one attached hydrogen (secondary N) is 1. The van der Waals surface area contributed by atoms with Crippen LogP contribution in [0.5, 0.6) is 0 Å². The summed E-state index contributed by atoms with van der Waals surface area (Å²) in [6, 6.07) is 1.60. The average Bonchev–Trinajstić information content (AvgIpc) is 2.70. The lowest BCUT2D eigenvalue weighted by atomic mass is 9.92. The summed E-state index contributed by atoms with van der Waals surface area (Å²) in [5, 5.41) is 3.70. The van der Waals surface area contributed by atoms with E-state index in [0.29, 0.717) is 0 Å². The molecule has 4 atom stereocenters. The van der Waals surface area contributed by atoms with E-state index in [9.17, 15) is 0 Å². The molecule has 1 N–H and O–H groups in total. The Morgan fingerprint density at radius 3 is 2.67 bits per heavy atom. The molecule has 0 radical (unpaired) electrons. The Hall–Kier alpha value is -0.0800. The summed E-state index contributed by atoms with van der Waals surface area (Å²) >= 11 is 0. The van der Waals surface area contributed by atoms with Gasteiger partial charge in [-0.2, -0.15) is 0 Å². The SMILES string of the molecule is CCC1CCC(N2CCNC(CC(C)C)C2)C1C. The molecule has 0 bridgehead atoms. The largest absolute Gasteiger partial charge is 0.311 e. The molecule has 0 amide bonds. The summed E-state index contributed by atoms with van der Waals surface area (Å²) in [5.74, 6) is 2.70. The van der Waals surface area contributed by atoms with Crippen LogP contribution in [-0.2, 0) is 0 Å². The fourth-order valence-corrected chi connectivity index (χ4v) is 4.20. The number of hydrogen-bond donors (Lipinski definition) is 1. The van der Waals surface area contributed by atoms with Gasteiger partial charge in [-0.25, -0.2) is 0 Å². The molecule has 1 aliphatic heterocycles. The third-order valence-corrected chi connectivity index (χ3v) is 5.22. The minimum Gasteiger partial charge on any atom is -0.311 e. The predicted octanol–water partition coefficient (Wildman–Crippen LogP) is 3.13. The van der Waals surface area contributed by atoms with Crippen molar-refractivity contribution in [2.24, 2.45) is 17.8 Å². The fourth-order valence-electron chi connectivity index (χ4n) is 4.20. The molecule has 0 aromatic rings. The minimum atomic E-state index is 0.728. The van der Waals surface area contributed by atoms with Gasteiger partial charge in [0.1, 0.15) is 0 Å². The van der Waals surface area contributed by atoms with E-state index >= 15 is 0 Å². The zero-order valence-corrected chi connectivity index (χ0v) is 12.8. The summed E-state index contributed by atoms with van der Waals surface area (Å²) in [7, 11) is 0. The van der Waals surface area contributed by atoms with Crippen molar-refractivity contribution >= 4 is 0 Å². The van der Waals surface area contributed by atoms with E-state index in [1.54, 1.807) is 0 Å².